The molecule has 0 aliphatic heterocycles. The van der Waals surface area contributed by atoms with Gasteiger partial charge < -0.3 is 5.11 Å². The Kier molecular flexibility index (Phi) is 2.44. The summed E-state index contributed by atoms with van der Waals surface area (Å²) in [6.07, 6.45) is -2.63. The molecule has 1 nitrogen and oxygen atoms in total. The second-order valence-corrected chi connectivity index (χ2v) is 2.83. The summed E-state index contributed by atoms with van der Waals surface area (Å²) in [6, 6.07) is 4.14. The predicted octanol–water partition coefficient (Wildman–Crippen LogP) is 3.09. The lowest BCUT2D eigenvalue weighted by molar-refractivity contribution is 0.147. The van der Waals surface area contributed by atoms with E-state index < -0.39 is 6.43 Å². The van der Waals surface area contributed by atoms with E-state index in [1.807, 2.05) is 0 Å². The molecule has 0 fully saturated rings. The topological polar surface area (TPSA) is 20.2 Å². The molecule has 11 heavy (non-hydrogen) atoms. The summed E-state index contributed by atoms with van der Waals surface area (Å²) in [5.74, 6) is -0.387. The molecule has 0 atom stereocenters. The molecule has 0 saturated carbocycles. The van der Waals surface area contributed by atoms with Crippen LogP contribution in [0.5, 0.6) is 5.75 Å². The molecule has 0 aliphatic carbocycles. The highest BCUT2D eigenvalue weighted by Crippen LogP contribution is 2.33. The van der Waals surface area contributed by atoms with Crippen molar-refractivity contribution in [1.82, 2.24) is 0 Å². The van der Waals surface area contributed by atoms with Gasteiger partial charge >= 0.3 is 0 Å². The summed E-state index contributed by atoms with van der Waals surface area (Å²) in [6.45, 7) is 0. The Morgan fingerprint density at radius 3 is 2.45 bits per heavy atom. The molecule has 1 rings (SSSR count). The minimum absolute atomic E-state index is 0.287. The maximum atomic E-state index is 12.0. The molecule has 0 saturated heterocycles. The van der Waals surface area contributed by atoms with Gasteiger partial charge in [-0.25, -0.2) is 8.78 Å². The van der Waals surface area contributed by atoms with E-state index in [-0.39, 0.29) is 15.8 Å². The minimum atomic E-state index is -2.63. The van der Waals surface area contributed by atoms with E-state index >= 15 is 0 Å². The van der Waals surface area contributed by atoms with Crippen LogP contribution in [-0.2, 0) is 0 Å². The highest BCUT2D eigenvalue weighted by atomic mass is 79.9. The Hall–Kier alpha value is -0.640. The highest BCUT2D eigenvalue weighted by Gasteiger charge is 2.13. The molecule has 4 heteroatoms. The monoisotopic (exact) mass is 222 g/mol. The lowest BCUT2D eigenvalue weighted by Gasteiger charge is -2.03. The van der Waals surface area contributed by atoms with Crippen molar-refractivity contribution >= 4 is 15.9 Å². The van der Waals surface area contributed by atoms with Crippen LogP contribution in [0.15, 0.2) is 22.7 Å². The lowest BCUT2D eigenvalue weighted by atomic mass is 10.2. The number of aromatic hydroxyl groups is 1. The van der Waals surface area contributed by atoms with Gasteiger partial charge in [0.05, 0.1) is 10.0 Å². The van der Waals surface area contributed by atoms with Crippen LogP contribution in [0.25, 0.3) is 0 Å². The predicted molar refractivity (Wildman–Crippen MR) is 40.8 cm³/mol. The average Bonchev–Trinajstić information content (AvgIpc) is 1.94. The van der Waals surface area contributed by atoms with Crippen LogP contribution in [0.2, 0.25) is 0 Å². The number of alkyl halides is 2. The second kappa shape index (κ2) is 3.17. The highest BCUT2D eigenvalue weighted by molar-refractivity contribution is 9.10. The smallest absolute Gasteiger partial charge is 0.267 e. The molecule has 0 spiro atoms. The second-order valence-electron chi connectivity index (χ2n) is 1.98. The van der Waals surface area contributed by atoms with Gasteiger partial charge in [0.1, 0.15) is 5.75 Å². The van der Waals surface area contributed by atoms with Gasteiger partial charge in [-0.1, -0.05) is 6.07 Å². The molecule has 0 amide bonds. The molecule has 0 aliphatic rings. The Morgan fingerprint density at radius 1 is 1.36 bits per heavy atom. The van der Waals surface area contributed by atoms with Gasteiger partial charge in [-0.05, 0) is 28.1 Å². The molecular formula is C7H5BrF2O. The Morgan fingerprint density at radius 2 is 2.00 bits per heavy atom. The van der Waals surface area contributed by atoms with Crippen LogP contribution in [0.3, 0.4) is 0 Å². The fourth-order valence-corrected chi connectivity index (χ4v) is 1.09. The number of halogens is 3. The van der Waals surface area contributed by atoms with E-state index in [1.165, 1.54) is 18.2 Å². The third kappa shape index (κ3) is 1.68. The van der Waals surface area contributed by atoms with E-state index in [0.717, 1.165) is 0 Å². The van der Waals surface area contributed by atoms with E-state index in [4.69, 9.17) is 5.11 Å². The molecule has 0 bridgehead atoms. The number of phenols is 1. The van der Waals surface area contributed by atoms with Crippen LogP contribution in [0.4, 0.5) is 8.78 Å². The molecular weight excluding hydrogens is 218 g/mol. The van der Waals surface area contributed by atoms with Crippen molar-refractivity contribution in [1.29, 1.82) is 0 Å². The largest absolute Gasteiger partial charge is 0.506 e. The summed E-state index contributed by atoms with van der Waals surface area (Å²) in [5, 5.41) is 9.04. The van der Waals surface area contributed by atoms with Gasteiger partial charge in [-0.3, -0.25) is 0 Å². The maximum absolute atomic E-state index is 12.0. The first-order chi connectivity index (χ1) is 5.13. The third-order valence-electron chi connectivity index (χ3n) is 1.25. The van der Waals surface area contributed by atoms with Gasteiger partial charge in [0.15, 0.2) is 0 Å². The summed E-state index contributed by atoms with van der Waals surface area (Å²) in [4.78, 5) is 0. The fraction of sp³-hybridized carbons (Fsp3) is 0.143. The molecule has 1 aromatic carbocycles. The van der Waals surface area contributed by atoms with Gasteiger partial charge in [0.2, 0.25) is 0 Å². The standard InChI is InChI=1S/C7H5BrF2O/c8-5-3-1-2-4(6(5)11)7(9)10/h1-3,7,11H. The maximum Gasteiger partial charge on any atom is 0.267 e. The van der Waals surface area contributed by atoms with Crippen molar-refractivity contribution in [2.24, 2.45) is 0 Å². The number of hydrogen-bond acceptors (Lipinski definition) is 1. The van der Waals surface area contributed by atoms with Crippen LogP contribution in [-0.4, -0.2) is 5.11 Å². The van der Waals surface area contributed by atoms with Crippen molar-refractivity contribution in [3.8, 4) is 5.75 Å². The van der Waals surface area contributed by atoms with E-state index in [9.17, 15) is 8.78 Å². The van der Waals surface area contributed by atoms with E-state index in [2.05, 4.69) is 15.9 Å². The van der Waals surface area contributed by atoms with Crippen molar-refractivity contribution in [2.75, 3.05) is 0 Å². The SMILES string of the molecule is Oc1c(Br)cccc1C(F)F. The number of phenolic OH excluding ortho intramolecular Hbond substituents is 1. The normalized spacial score (nSPS) is 10.5. The zero-order valence-electron chi connectivity index (χ0n) is 5.39. The van der Waals surface area contributed by atoms with Crippen molar-refractivity contribution in [2.45, 2.75) is 6.43 Å². The third-order valence-corrected chi connectivity index (χ3v) is 1.89. The Balaban J connectivity index is 3.17. The van der Waals surface area contributed by atoms with Gasteiger partial charge in [0.25, 0.3) is 6.43 Å². The molecule has 0 radical (unpaired) electrons. The quantitative estimate of drug-likeness (QED) is 0.775. The number of benzene rings is 1. The Bertz CT molecular complexity index is 263. The van der Waals surface area contributed by atoms with Crippen molar-refractivity contribution in [3.05, 3.63) is 28.2 Å². The molecule has 0 heterocycles. The van der Waals surface area contributed by atoms with Crippen molar-refractivity contribution in [3.63, 3.8) is 0 Å². The molecule has 1 aromatic rings. The Labute approximate surface area is 70.8 Å². The first-order valence-electron chi connectivity index (χ1n) is 2.88. The van der Waals surface area contributed by atoms with Gasteiger partial charge in [-0.15, -0.1) is 0 Å². The molecule has 0 aromatic heterocycles. The first kappa shape index (κ1) is 8.46. The zero-order valence-corrected chi connectivity index (χ0v) is 6.98. The number of para-hydroxylation sites is 1. The van der Waals surface area contributed by atoms with Crippen LogP contribution in [0.1, 0.15) is 12.0 Å². The van der Waals surface area contributed by atoms with Gasteiger partial charge in [-0.2, -0.15) is 0 Å². The molecule has 60 valence electrons. The number of hydrogen-bond donors (Lipinski definition) is 1. The minimum Gasteiger partial charge on any atom is -0.506 e. The first-order valence-corrected chi connectivity index (χ1v) is 3.67. The summed E-state index contributed by atoms with van der Waals surface area (Å²) >= 11 is 2.93. The van der Waals surface area contributed by atoms with E-state index in [0.29, 0.717) is 0 Å². The van der Waals surface area contributed by atoms with Gasteiger partial charge in [0, 0.05) is 0 Å². The fourth-order valence-electron chi connectivity index (χ4n) is 0.708. The lowest BCUT2D eigenvalue weighted by Crippen LogP contribution is -1.84. The van der Waals surface area contributed by atoms with Crippen LogP contribution >= 0.6 is 15.9 Å². The van der Waals surface area contributed by atoms with Crippen LogP contribution in [0, 0.1) is 0 Å². The van der Waals surface area contributed by atoms with Crippen LogP contribution < -0.4 is 0 Å². The average molecular weight is 223 g/mol. The van der Waals surface area contributed by atoms with Crippen molar-refractivity contribution < 1.29 is 13.9 Å². The number of rotatable bonds is 1. The summed E-state index contributed by atoms with van der Waals surface area (Å²) < 4.78 is 24.3. The van der Waals surface area contributed by atoms with E-state index in [1.54, 1.807) is 0 Å². The summed E-state index contributed by atoms with van der Waals surface area (Å²) in [7, 11) is 0. The molecule has 1 N–H and O–H groups in total. The zero-order chi connectivity index (χ0) is 8.43. The molecule has 0 unspecified atom stereocenters. The summed E-state index contributed by atoms with van der Waals surface area (Å²) in [5.41, 5.74) is -0.348.